The van der Waals surface area contributed by atoms with E-state index in [1.54, 1.807) is 6.07 Å². The van der Waals surface area contributed by atoms with E-state index < -0.39 is 10.1 Å². The van der Waals surface area contributed by atoms with Crippen LogP contribution < -0.4 is 4.48 Å². The van der Waals surface area contributed by atoms with Gasteiger partial charge in [0.15, 0.2) is 5.69 Å². The molecular formula is C24H43NO3S. The molecule has 29 heavy (non-hydrogen) atoms. The summed E-state index contributed by atoms with van der Waals surface area (Å²) >= 11 is 0. The number of benzene rings is 1. The van der Waals surface area contributed by atoms with Crippen LogP contribution >= 0.6 is 0 Å². The third kappa shape index (κ3) is 9.18. The average Bonchev–Trinajstić information content (AvgIpc) is 2.70. The number of nitrogens with zero attached hydrogens (tertiary/aromatic N) is 1. The fourth-order valence-corrected chi connectivity index (χ4v) is 5.04. The summed E-state index contributed by atoms with van der Waals surface area (Å²) in [5, 5.41) is 0. The molecule has 1 aromatic rings. The molecule has 0 aliphatic rings. The fraction of sp³-hybridized carbons (Fsp3) is 0.750. The van der Waals surface area contributed by atoms with Gasteiger partial charge >= 0.3 is 0 Å². The van der Waals surface area contributed by atoms with Gasteiger partial charge in [0.2, 0.25) is 0 Å². The second-order valence-corrected chi connectivity index (χ2v) is 9.77. The van der Waals surface area contributed by atoms with Crippen LogP contribution in [-0.4, -0.2) is 32.6 Å². The Hall–Kier alpha value is -0.910. The average molecular weight is 426 g/mol. The second kappa shape index (κ2) is 14.2. The van der Waals surface area contributed by atoms with Crippen LogP contribution in [0.5, 0.6) is 0 Å². The quantitative estimate of drug-likeness (QED) is 0.160. The minimum absolute atomic E-state index is 0.0125. The van der Waals surface area contributed by atoms with E-state index in [1.165, 1.54) is 44.6 Å². The molecule has 0 amide bonds. The zero-order chi connectivity index (χ0) is 21.6. The predicted octanol–water partition coefficient (Wildman–Crippen LogP) is 6.64. The lowest BCUT2D eigenvalue weighted by Crippen LogP contribution is -2.52. The van der Waals surface area contributed by atoms with E-state index in [0.29, 0.717) is 4.48 Å². The Morgan fingerprint density at radius 2 is 1.10 bits per heavy atom. The zero-order valence-corrected chi connectivity index (χ0v) is 19.8. The molecule has 0 atom stereocenters. The number of para-hydroxylation sites is 1. The standard InChI is InChI=1S/C24H43NO3S/c1-4-7-10-15-20-25(21-16-11-8-5-2,22-17-12-9-6-3)23-18-13-14-19-24(23)29(26,27)28/h13-14,18-19H,4-12,15-17,20-22H2,1-3H3. The van der Waals surface area contributed by atoms with Crippen LogP contribution in [0.1, 0.15) is 97.8 Å². The van der Waals surface area contributed by atoms with Crippen LogP contribution in [0.15, 0.2) is 29.2 Å². The molecule has 0 radical (unpaired) electrons. The van der Waals surface area contributed by atoms with Crippen molar-refractivity contribution in [2.75, 3.05) is 19.6 Å². The summed E-state index contributed by atoms with van der Waals surface area (Å²) in [5.74, 6) is 0. The van der Waals surface area contributed by atoms with Gasteiger partial charge in [-0.05, 0) is 44.6 Å². The van der Waals surface area contributed by atoms with E-state index in [-0.39, 0.29) is 4.90 Å². The van der Waals surface area contributed by atoms with E-state index in [2.05, 4.69) is 20.8 Å². The van der Waals surface area contributed by atoms with Crippen molar-refractivity contribution in [2.24, 2.45) is 0 Å². The van der Waals surface area contributed by atoms with E-state index in [9.17, 15) is 13.0 Å². The van der Waals surface area contributed by atoms with E-state index >= 15 is 0 Å². The van der Waals surface area contributed by atoms with Crippen molar-refractivity contribution in [1.82, 2.24) is 4.48 Å². The molecule has 0 unspecified atom stereocenters. The molecule has 0 bridgehead atoms. The first-order valence-corrected chi connectivity index (χ1v) is 13.2. The number of hydrogen-bond donors (Lipinski definition) is 0. The minimum atomic E-state index is -4.49. The maximum Gasteiger partial charge on any atom is 0.150 e. The Labute approximate surface area is 180 Å². The lowest BCUT2D eigenvalue weighted by atomic mass is 10.1. The van der Waals surface area contributed by atoms with Gasteiger partial charge in [-0.25, -0.2) is 8.42 Å². The minimum Gasteiger partial charge on any atom is -0.744 e. The maximum absolute atomic E-state index is 12.1. The molecule has 0 saturated carbocycles. The van der Waals surface area contributed by atoms with Crippen LogP contribution in [0.4, 0.5) is 5.69 Å². The Morgan fingerprint density at radius 3 is 1.48 bits per heavy atom. The van der Waals surface area contributed by atoms with Crippen molar-refractivity contribution in [3.05, 3.63) is 24.3 Å². The Bertz CT molecular complexity index is 627. The van der Waals surface area contributed by atoms with E-state index in [4.69, 9.17) is 0 Å². The van der Waals surface area contributed by atoms with Gasteiger partial charge in [0.05, 0.1) is 19.6 Å². The normalized spacial score (nSPS) is 12.4. The smallest absolute Gasteiger partial charge is 0.150 e. The van der Waals surface area contributed by atoms with Gasteiger partial charge in [-0.1, -0.05) is 71.4 Å². The summed E-state index contributed by atoms with van der Waals surface area (Å²) in [7, 11) is -4.49. The summed E-state index contributed by atoms with van der Waals surface area (Å²) < 4.78 is 36.8. The van der Waals surface area contributed by atoms with Crippen molar-refractivity contribution in [1.29, 1.82) is 0 Å². The molecule has 5 heteroatoms. The largest absolute Gasteiger partial charge is 0.744 e. The fourth-order valence-electron chi connectivity index (χ4n) is 4.28. The molecule has 0 N–H and O–H groups in total. The van der Waals surface area contributed by atoms with Gasteiger partial charge in [-0.3, -0.25) is 4.48 Å². The molecule has 1 rings (SSSR count). The lowest BCUT2D eigenvalue weighted by molar-refractivity contribution is 0.249. The summed E-state index contributed by atoms with van der Waals surface area (Å²) in [5.41, 5.74) is 0.729. The molecule has 0 spiro atoms. The summed E-state index contributed by atoms with van der Waals surface area (Å²) in [4.78, 5) is -0.0125. The van der Waals surface area contributed by atoms with Crippen LogP contribution in [0.3, 0.4) is 0 Å². The first kappa shape index (κ1) is 26.1. The van der Waals surface area contributed by atoms with Gasteiger partial charge in [0, 0.05) is 6.07 Å². The summed E-state index contributed by atoms with van der Waals surface area (Å²) in [6.07, 6.45) is 13.8. The molecule has 0 saturated heterocycles. The molecule has 1 aromatic carbocycles. The molecule has 0 fully saturated rings. The molecule has 0 aliphatic heterocycles. The SMILES string of the molecule is CCCCCC[N+](CCCCCC)(CCCCCC)c1ccccc1S(=O)(=O)[O-]. The van der Waals surface area contributed by atoms with Crippen LogP contribution in [-0.2, 0) is 10.1 Å². The summed E-state index contributed by atoms with van der Waals surface area (Å²) in [6, 6.07) is 6.97. The van der Waals surface area contributed by atoms with Gasteiger partial charge < -0.3 is 4.55 Å². The topological polar surface area (TPSA) is 57.2 Å². The highest BCUT2D eigenvalue weighted by atomic mass is 32.2. The Balaban J connectivity index is 3.25. The predicted molar refractivity (Wildman–Crippen MR) is 123 cm³/mol. The molecular weight excluding hydrogens is 382 g/mol. The van der Waals surface area contributed by atoms with Gasteiger partial charge in [0.1, 0.15) is 15.0 Å². The Kier molecular flexibility index (Phi) is 12.8. The highest BCUT2D eigenvalue weighted by Gasteiger charge is 2.33. The first-order valence-electron chi connectivity index (χ1n) is 11.8. The lowest BCUT2D eigenvalue weighted by Gasteiger charge is -2.40. The van der Waals surface area contributed by atoms with Crippen molar-refractivity contribution >= 4 is 15.8 Å². The van der Waals surface area contributed by atoms with Crippen LogP contribution in [0.2, 0.25) is 0 Å². The van der Waals surface area contributed by atoms with Crippen molar-refractivity contribution in [3.8, 4) is 0 Å². The number of quaternary nitrogens is 1. The maximum atomic E-state index is 12.1. The summed E-state index contributed by atoms with van der Waals surface area (Å²) in [6.45, 7) is 9.38. The van der Waals surface area contributed by atoms with Crippen molar-refractivity contribution in [3.63, 3.8) is 0 Å². The second-order valence-electron chi connectivity index (χ2n) is 8.42. The Morgan fingerprint density at radius 1 is 0.690 bits per heavy atom. The monoisotopic (exact) mass is 425 g/mol. The van der Waals surface area contributed by atoms with Gasteiger partial charge in [0.25, 0.3) is 0 Å². The van der Waals surface area contributed by atoms with Gasteiger partial charge in [-0.2, -0.15) is 0 Å². The van der Waals surface area contributed by atoms with Crippen LogP contribution in [0.25, 0.3) is 0 Å². The van der Waals surface area contributed by atoms with Crippen LogP contribution in [0, 0.1) is 0 Å². The molecule has 0 aromatic heterocycles. The molecule has 168 valence electrons. The number of unbranched alkanes of at least 4 members (excludes halogenated alkanes) is 9. The molecule has 4 nitrogen and oxygen atoms in total. The number of rotatable bonds is 17. The van der Waals surface area contributed by atoms with E-state index in [0.717, 1.165) is 63.8 Å². The molecule has 0 aliphatic carbocycles. The first-order chi connectivity index (χ1) is 13.9. The number of hydrogen-bond acceptors (Lipinski definition) is 3. The highest BCUT2D eigenvalue weighted by Crippen LogP contribution is 2.33. The van der Waals surface area contributed by atoms with Crippen molar-refractivity contribution in [2.45, 2.75) is 103 Å². The molecule has 0 heterocycles. The van der Waals surface area contributed by atoms with E-state index in [1.807, 2.05) is 12.1 Å². The van der Waals surface area contributed by atoms with Gasteiger partial charge in [-0.15, -0.1) is 0 Å². The third-order valence-corrected chi connectivity index (χ3v) is 6.85. The van der Waals surface area contributed by atoms with Crippen molar-refractivity contribution < 1.29 is 13.0 Å². The third-order valence-electron chi connectivity index (χ3n) is 5.96. The zero-order valence-electron chi connectivity index (χ0n) is 19.0. The highest BCUT2D eigenvalue weighted by molar-refractivity contribution is 7.86.